The number of aromatic nitrogens is 3. The summed E-state index contributed by atoms with van der Waals surface area (Å²) in [4.78, 5) is 27.4. The second-order valence-electron chi connectivity index (χ2n) is 9.00. The molecule has 200 valence electrons. The summed E-state index contributed by atoms with van der Waals surface area (Å²) in [7, 11) is 2.36. The number of carbonyl (C=O) groups is 1. The number of anilines is 1. The predicted molar refractivity (Wildman–Crippen MR) is 165 cm³/mol. The Kier molecular flexibility index (Phi) is 10.7. The van der Waals surface area contributed by atoms with E-state index in [0.29, 0.717) is 34.3 Å². The van der Waals surface area contributed by atoms with Crippen molar-refractivity contribution in [1.82, 2.24) is 20.3 Å². The van der Waals surface area contributed by atoms with Crippen LogP contribution in [0.25, 0.3) is 32.4 Å². The minimum absolute atomic E-state index is 0. The molecule has 1 atom stereocenters. The van der Waals surface area contributed by atoms with E-state index in [1.165, 1.54) is 20.3 Å². The summed E-state index contributed by atoms with van der Waals surface area (Å²) < 4.78 is 1.04. The summed E-state index contributed by atoms with van der Waals surface area (Å²) in [5.41, 5.74) is 8.91. The first-order valence-electron chi connectivity index (χ1n) is 11.6. The Hall–Kier alpha value is -2.25. The number of pyridine rings is 1. The Morgan fingerprint density at radius 1 is 1.15 bits per heavy atom. The summed E-state index contributed by atoms with van der Waals surface area (Å²) in [6.07, 6.45) is 0. The molecule has 1 amide bonds. The van der Waals surface area contributed by atoms with Crippen LogP contribution in [0.1, 0.15) is 42.0 Å². The van der Waals surface area contributed by atoms with E-state index in [-0.39, 0.29) is 33.0 Å². The fourth-order valence-electron chi connectivity index (χ4n) is 3.86. The van der Waals surface area contributed by atoms with Crippen LogP contribution in [-0.4, -0.2) is 51.2 Å². The molecule has 39 heavy (non-hydrogen) atoms. The van der Waals surface area contributed by atoms with E-state index in [4.69, 9.17) is 15.8 Å². The molecule has 8 nitrogen and oxygen atoms in total. The van der Waals surface area contributed by atoms with Gasteiger partial charge in [-0.3, -0.25) is 4.79 Å². The average Bonchev–Trinajstić information content (AvgIpc) is 3.22. The van der Waals surface area contributed by atoms with E-state index >= 15 is 0 Å². The van der Waals surface area contributed by atoms with Gasteiger partial charge in [0, 0.05) is 83.5 Å². The third-order valence-corrected chi connectivity index (χ3v) is 7.39. The number of nitrogens with zero attached hydrogens (tertiary/aromatic N) is 3. The maximum atomic E-state index is 12.7. The Morgan fingerprint density at radius 2 is 1.92 bits per heavy atom. The van der Waals surface area contributed by atoms with Crippen LogP contribution in [0.3, 0.4) is 0 Å². The van der Waals surface area contributed by atoms with E-state index in [1.807, 2.05) is 45.0 Å². The molecule has 0 spiro atoms. The van der Waals surface area contributed by atoms with Crippen LogP contribution in [0.2, 0.25) is 0 Å². The van der Waals surface area contributed by atoms with Crippen molar-refractivity contribution >= 4 is 74.1 Å². The van der Waals surface area contributed by atoms with Gasteiger partial charge in [0.2, 0.25) is 5.82 Å². The van der Waals surface area contributed by atoms with Gasteiger partial charge in [-0.25, -0.2) is 15.0 Å². The van der Waals surface area contributed by atoms with E-state index in [9.17, 15) is 4.79 Å². The van der Waals surface area contributed by atoms with Crippen LogP contribution >= 0.6 is 41.5 Å². The Balaban J connectivity index is 0.00000137. The number of aliphatic hydroxyl groups excluding tert-OH is 1. The van der Waals surface area contributed by atoms with Crippen molar-refractivity contribution in [2.45, 2.75) is 32.4 Å². The van der Waals surface area contributed by atoms with Gasteiger partial charge in [-0.1, -0.05) is 5.92 Å². The van der Waals surface area contributed by atoms with Crippen molar-refractivity contribution in [3.05, 3.63) is 46.7 Å². The number of hydrogen-bond acceptors (Lipinski definition) is 9. The monoisotopic (exact) mass is 840 g/mol. The third kappa shape index (κ3) is 7.29. The fraction of sp³-hybridized carbons (Fsp3) is 0.259. The molecular weight excluding hydrogens is 815 g/mol. The second kappa shape index (κ2) is 13.4. The molecule has 5 rings (SSSR count). The molecule has 0 bridgehead atoms. The smallest absolute Gasteiger partial charge is 0.263 e. The van der Waals surface area contributed by atoms with Gasteiger partial charge in [-0.15, -0.1) is 11.3 Å². The standard InChI is InChI=1S/C26H21IN6OS2.CH4O.W/c1-14-13-29-23-22-16-4-5-18(32-17(16)6-7-20(22)36-24(23)25(34)30-14)19-12-15(8-10-26(2,3)28)31-21(33-19)9-11-35-27;1-2;/h4-7,12,14,29H,13,28H2,1-3H3,(H,30,34);2H,1H3;/t14-;;/m1../s1. The minimum atomic E-state index is -0.650. The maximum absolute atomic E-state index is 12.7. The first-order valence-corrected chi connectivity index (χ1v) is 15.8. The van der Waals surface area contributed by atoms with E-state index in [1.54, 1.807) is 6.07 Å². The number of amides is 1. The van der Waals surface area contributed by atoms with Crippen molar-refractivity contribution in [3.8, 4) is 34.4 Å². The van der Waals surface area contributed by atoms with Gasteiger partial charge in [0.25, 0.3) is 5.91 Å². The van der Waals surface area contributed by atoms with Crippen LogP contribution in [0.4, 0.5) is 5.69 Å². The third-order valence-electron chi connectivity index (χ3n) is 5.39. The van der Waals surface area contributed by atoms with Gasteiger partial charge in [0.15, 0.2) is 0 Å². The molecule has 3 aromatic heterocycles. The van der Waals surface area contributed by atoms with E-state index < -0.39 is 5.54 Å². The number of carbonyl (C=O) groups excluding carboxylic acids is 1. The molecule has 0 saturated heterocycles. The quantitative estimate of drug-likeness (QED) is 0.163. The summed E-state index contributed by atoms with van der Waals surface area (Å²) in [5.74, 6) is 9.34. The molecule has 0 radical (unpaired) electrons. The number of thiophene rings is 1. The number of fused-ring (bicyclic) bond motifs is 5. The van der Waals surface area contributed by atoms with Crippen molar-refractivity contribution in [3.63, 3.8) is 0 Å². The van der Waals surface area contributed by atoms with Gasteiger partial charge >= 0.3 is 0 Å². The molecule has 4 aromatic rings. The Morgan fingerprint density at radius 3 is 2.64 bits per heavy atom. The number of nitrogens with two attached hydrogens (primary N) is 1. The number of aliphatic hydroxyl groups is 1. The van der Waals surface area contributed by atoms with Gasteiger partial charge in [-0.05, 0) is 71.1 Å². The number of hydrogen-bond donors (Lipinski definition) is 4. The van der Waals surface area contributed by atoms with Crippen LogP contribution in [-0.2, 0) is 21.1 Å². The number of nitrogens with one attached hydrogen (secondary N) is 2. The molecule has 1 aromatic carbocycles. The summed E-state index contributed by atoms with van der Waals surface area (Å²) >= 11 is 3.60. The zero-order chi connectivity index (χ0) is 27.4. The molecule has 0 saturated carbocycles. The summed E-state index contributed by atoms with van der Waals surface area (Å²) in [5, 5.41) is 18.4. The molecule has 4 heterocycles. The summed E-state index contributed by atoms with van der Waals surface area (Å²) in [6.45, 7) is 6.33. The van der Waals surface area contributed by atoms with Crippen LogP contribution < -0.4 is 16.4 Å². The molecular formula is C27H25IN6O2S2W. The molecule has 0 fully saturated rings. The molecule has 1 aliphatic heterocycles. The zero-order valence-electron chi connectivity index (χ0n) is 21.5. The maximum Gasteiger partial charge on any atom is 0.263 e. The zero-order valence-corrected chi connectivity index (χ0v) is 28.3. The van der Waals surface area contributed by atoms with Crippen LogP contribution in [0.15, 0.2) is 30.3 Å². The van der Waals surface area contributed by atoms with Gasteiger partial charge in [-0.2, -0.15) is 0 Å². The first kappa shape index (κ1) is 31.3. The summed E-state index contributed by atoms with van der Waals surface area (Å²) in [6, 6.07) is 9.81. The Bertz CT molecular complexity index is 1660. The van der Waals surface area contributed by atoms with Crippen molar-refractivity contribution in [2.75, 3.05) is 19.0 Å². The van der Waals surface area contributed by atoms with Gasteiger partial charge in [0.05, 0.1) is 28.1 Å². The average molecular weight is 840 g/mol. The largest absolute Gasteiger partial charge is 0.400 e. The van der Waals surface area contributed by atoms with E-state index in [0.717, 1.165) is 33.8 Å². The number of benzene rings is 1. The minimum Gasteiger partial charge on any atom is -0.400 e. The molecule has 5 N–H and O–H groups in total. The Labute approximate surface area is 261 Å². The fourth-order valence-corrected chi connectivity index (χ4v) is 5.41. The van der Waals surface area contributed by atoms with Crippen LogP contribution in [0.5, 0.6) is 0 Å². The van der Waals surface area contributed by atoms with E-state index in [2.05, 4.69) is 64.8 Å². The molecule has 0 aliphatic carbocycles. The van der Waals surface area contributed by atoms with Crippen molar-refractivity contribution in [1.29, 1.82) is 0 Å². The SMILES string of the molecule is CO.C[C@@H]1CNc2c(sc3ccc4nc(-c5cc(C#CC(C)(C)N)nc(C#CSI)n5)ccc4c23)C(=O)N1.[W]. The predicted octanol–water partition coefficient (Wildman–Crippen LogP) is 4.54. The van der Waals surface area contributed by atoms with Gasteiger partial charge in [0.1, 0.15) is 10.6 Å². The number of halogens is 1. The van der Waals surface area contributed by atoms with Crippen molar-refractivity contribution < 1.29 is 31.0 Å². The van der Waals surface area contributed by atoms with Crippen LogP contribution in [0, 0.1) is 23.0 Å². The molecule has 1 aliphatic rings. The van der Waals surface area contributed by atoms with Crippen molar-refractivity contribution in [2.24, 2.45) is 5.73 Å². The first-order chi connectivity index (χ1) is 18.2. The topological polar surface area (TPSA) is 126 Å². The molecule has 0 unspecified atom stereocenters. The number of rotatable bonds is 1. The second-order valence-corrected chi connectivity index (χ2v) is 11.7. The van der Waals surface area contributed by atoms with Gasteiger partial charge < -0.3 is 21.5 Å². The molecule has 12 heteroatoms. The normalized spacial score (nSPS) is 14.1.